The van der Waals surface area contributed by atoms with Gasteiger partial charge >= 0.3 is 6.09 Å². The van der Waals surface area contributed by atoms with Gasteiger partial charge in [-0.3, -0.25) is 4.79 Å². The van der Waals surface area contributed by atoms with Gasteiger partial charge in [-0.15, -0.1) is 11.3 Å². The predicted molar refractivity (Wildman–Crippen MR) is 156 cm³/mol. The van der Waals surface area contributed by atoms with Gasteiger partial charge in [0.05, 0.1) is 0 Å². The number of amides is 2. The number of nitrogens with zero attached hydrogens (tertiary/aromatic N) is 5. The first-order valence-electron chi connectivity index (χ1n) is 12.7. The van der Waals surface area contributed by atoms with Crippen LogP contribution in [0.1, 0.15) is 48.5 Å². The molecule has 2 aromatic heterocycles. The van der Waals surface area contributed by atoms with Crippen LogP contribution >= 0.6 is 23.1 Å². The Bertz CT molecular complexity index is 1300. The number of carbonyl (C=O) groups is 2. The molecule has 1 aliphatic heterocycles. The van der Waals surface area contributed by atoms with Gasteiger partial charge in [0.1, 0.15) is 28.8 Å². The van der Waals surface area contributed by atoms with Gasteiger partial charge in [-0.05, 0) is 50.6 Å². The van der Waals surface area contributed by atoms with Crippen molar-refractivity contribution in [2.24, 2.45) is 0 Å². The summed E-state index contributed by atoms with van der Waals surface area (Å²) in [6.07, 6.45) is 3.47. The molecule has 0 bridgehead atoms. The Hall–Kier alpha value is -3.31. The molecule has 0 saturated carbocycles. The maximum Gasteiger partial charge on any atom is 0.410 e. The van der Waals surface area contributed by atoms with Crippen molar-refractivity contribution >= 4 is 46.6 Å². The van der Waals surface area contributed by atoms with Gasteiger partial charge in [0, 0.05) is 63.0 Å². The minimum atomic E-state index is -0.557. The monoisotopic (exact) mass is 569 g/mol. The molecule has 1 atom stereocenters. The van der Waals surface area contributed by atoms with E-state index in [1.54, 1.807) is 34.4 Å². The molecular weight excluding hydrogens is 534 g/mol. The lowest BCUT2D eigenvalue weighted by molar-refractivity contribution is 0.0279. The van der Waals surface area contributed by atoms with Gasteiger partial charge in [0.2, 0.25) is 0 Å². The van der Waals surface area contributed by atoms with Crippen LogP contribution in [0.15, 0.2) is 53.1 Å². The van der Waals surface area contributed by atoms with Crippen molar-refractivity contribution < 1.29 is 19.1 Å². The molecule has 1 aromatic carbocycles. The van der Waals surface area contributed by atoms with Crippen molar-refractivity contribution in [3.05, 3.63) is 58.4 Å². The number of thiophene rings is 1. The fourth-order valence-corrected chi connectivity index (χ4v) is 5.24. The van der Waals surface area contributed by atoms with E-state index >= 15 is 0 Å². The summed E-state index contributed by atoms with van der Waals surface area (Å²) in [6.45, 7) is 7.14. The molecule has 3 heterocycles. The third kappa shape index (κ3) is 7.21. The Labute approximate surface area is 238 Å². The quantitative estimate of drug-likeness (QED) is 0.251. The first-order valence-corrected chi connectivity index (χ1v) is 14.8. The number of thioether (sulfide) groups is 1. The summed E-state index contributed by atoms with van der Waals surface area (Å²) in [5.74, 6) is 1.14. The number of carbonyl (C=O) groups excluding carboxylic acids is 2. The van der Waals surface area contributed by atoms with E-state index in [1.807, 2.05) is 80.8 Å². The first-order chi connectivity index (χ1) is 18.6. The molecular formula is C28H35N5O4S2. The van der Waals surface area contributed by atoms with Gasteiger partial charge in [0.25, 0.3) is 5.91 Å². The van der Waals surface area contributed by atoms with Crippen molar-refractivity contribution in [2.45, 2.75) is 44.1 Å². The highest BCUT2D eigenvalue weighted by atomic mass is 32.2. The molecule has 1 unspecified atom stereocenters. The Morgan fingerprint density at radius 3 is 2.72 bits per heavy atom. The number of ether oxygens (including phenoxy) is 2. The maximum atomic E-state index is 13.6. The summed E-state index contributed by atoms with van der Waals surface area (Å²) < 4.78 is 12.0. The summed E-state index contributed by atoms with van der Waals surface area (Å²) in [7, 11) is 3.66. The summed E-state index contributed by atoms with van der Waals surface area (Å²) in [4.78, 5) is 41.3. The van der Waals surface area contributed by atoms with E-state index in [0.29, 0.717) is 48.3 Å². The molecule has 11 heteroatoms. The van der Waals surface area contributed by atoms with E-state index in [0.717, 1.165) is 10.6 Å². The topological polar surface area (TPSA) is 88.1 Å². The highest BCUT2D eigenvalue weighted by Gasteiger charge is 2.28. The molecule has 3 aromatic rings. The van der Waals surface area contributed by atoms with Crippen LogP contribution in [-0.2, 0) is 4.74 Å². The fraction of sp³-hybridized carbons (Fsp3) is 0.429. The molecule has 4 rings (SSSR count). The van der Waals surface area contributed by atoms with Gasteiger partial charge in [-0.1, -0.05) is 23.9 Å². The Morgan fingerprint density at radius 2 is 2.03 bits per heavy atom. The van der Waals surface area contributed by atoms with Crippen LogP contribution in [0, 0.1) is 0 Å². The fourth-order valence-electron chi connectivity index (χ4n) is 4.11. The van der Waals surface area contributed by atoms with Gasteiger partial charge < -0.3 is 24.2 Å². The first kappa shape index (κ1) is 28.7. The third-order valence-corrected chi connectivity index (χ3v) is 7.65. The second-order valence-electron chi connectivity index (χ2n) is 10.3. The predicted octanol–water partition coefficient (Wildman–Crippen LogP) is 5.73. The zero-order valence-corrected chi connectivity index (χ0v) is 24.8. The lowest BCUT2D eigenvalue weighted by Crippen LogP contribution is -2.35. The second-order valence-corrected chi connectivity index (χ2v) is 12.0. The van der Waals surface area contributed by atoms with Crippen LogP contribution in [0.2, 0.25) is 0 Å². The van der Waals surface area contributed by atoms with Crippen LogP contribution in [0.5, 0.6) is 5.75 Å². The van der Waals surface area contributed by atoms with Crippen molar-refractivity contribution in [1.29, 1.82) is 0 Å². The molecule has 0 spiro atoms. The summed E-state index contributed by atoms with van der Waals surface area (Å²) >= 11 is 3.05. The third-order valence-electron chi connectivity index (χ3n) is 6.13. The number of rotatable bonds is 8. The SMILES string of the molecule is CSc1ncc2c(n1)N(C)CCN(c1cccc(OC(CCN(C)C(=O)OC(C)(C)C)c3cccs3)c1)C2=O. The van der Waals surface area contributed by atoms with E-state index in [-0.39, 0.29) is 18.1 Å². The Kier molecular flexibility index (Phi) is 9.01. The lowest BCUT2D eigenvalue weighted by atomic mass is 10.2. The highest BCUT2D eigenvalue weighted by Crippen LogP contribution is 2.32. The zero-order chi connectivity index (χ0) is 28.2. The van der Waals surface area contributed by atoms with E-state index in [4.69, 9.17) is 9.47 Å². The average molecular weight is 570 g/mol. The highest BCUT2D eigenvalue weighted by molar-refractivity contribution is 7.98. The van der Waals surface area contributed by atoms with E-state index < -0.39 is 5.60 Å². The number of anilines is 2. The van der Waals surface area contributed by atoms with Crippen molar-refractivity contribution in [2.75, 3.05) is 49.8 Å². The number of likely N-dealkylation sites (N-methyl/N-ethyl adjacent to an activating group) is 1. The summed E-state index contributed by atoms with van der Waals surface area (Å²) in [5, 5.41) is 2.64. The number of benzene rings is 1. The normalized spacial score (nSPS) is 14.5. The smallest absolute Gasteiger partial charge is 0.410 e. The van der Waals surface area contributed by atoms with Crippen LogP contribution in [0.3, 0.4) is 0 Å². The average Bonchev–Trinajstić information content (AvgIpc) is 3.40. The van der Waals surface area contributed by atoms with E-state index in [1.165, 1.54) is 11.8 Å². The number of aromatic nitrogens is 2. The van der Waals surface area contributed by atoms with Gasteiger partial charge in [-0.2, -0.15) is 0 Å². The van der Waals surface area contributed by atoms with Crippen molar-refractivity contribution in [1.82, 2.24) is 14.9 Å². The Balaban J connectivity index is 1.52. The number of fused-ring (bicyclic) bond motifs is 1. The minimum Gasteiger partial charge on any atom is -0.485 e. The molecule has 0 saturated heterocycles. The van der Waals surface area contributed by atoms with Crippen molar-refractivity contribution in [3.8, 4) is 5.75 Å². The molecule has 0 aliphatic carbocycles. The molecule has 0 N–H and O–H groups in total. The van der Waals surface area contributed by atoms with Gasteiger partial charge in [0.15, 0.2) is 5.16 Å². The largest absolute Gasteiger partial charge is 0.485 e. The molecule has 2 amide bonds. The lowest BCUT2D eigenvalue weighted by Gasteiger charge is -2.26. The molecule has 9 nitrogen and oxygen atoms in total. The Morgan fingerprint density at radius 1 is 1.23 bits per heavy atom. The molecule has 39 heavy (non-hydrogen) atoms. The minimum absolute atomic E-state index is 0.145. The van der Waals surface area contributed by atoms with E-state index in [2.05, 4.69) is 9.97 Å². The maximum absolute atomic E-state index is 13.6. The number of hydrogen-bond donors (Lipinski definition) is 0. The molecule has 208 valence electrons. The van der Waals surface area contributed by atoms with Gasteiger partial charge in [-0.25, -0.2) is 14.8 Å². The zero-order valence-electron chi connectivity index (χ0n) is 23.2. The summed E-state index contributed by atoms with van der Waals surface area (Å²) in [5.41, 5.74) is 0.656. The van der Waals surface area contributed by atoms with E-state index in [9.17, 15) is 9.59 Å². The van der Waals surface area contributed by atoms with Crippen LogP contribution in [-0.4, -0.2) is 72.5 Å². The van der Waals surface area contributed by atoms with Crippen LogP contribution in [0.4, 0.5) is 16.3 Å². The standard InChI is InChI=1S/C28H35N5O4S2/c1-28(2,3)37-27(35)32(5)13-12-22(23-11-8-16-39-23)36-20-10-7-9-19(17-20)33-15-14-31(4)24-21(25(33)34)18-29-26(30-24)38-6/h7-11,16-18,22H,12-15H2,1-6H3. The van der Waals surface area contributed by atoms with Crippen LogP contribution < -0.4 is 14.5 Å². The molecule has 0 radical (unpaired) electrons. The van der Waals surface area contributed by atoms with Crippen molar-refractivity contribution in [3.63, 3.8) is 0 Å². The second kappa shape index (κ2) is 12.3. The molecule has 1 aliphatic rings. The molecule has 0 fully saturated rings. The van der Waals surface area contributed by atoms with Crippen LogP contribution in [0.25, 0.3) is 0 Å². The summed E-state index contributed by atoms with van der Waals surface area (Å²) in [6, 6.07) is 11.6. The number of hydrogen-bond acceptors (Lipinski definition) is 9.